The van der Waals surface area contributed by atoms with Gasteiger partial charge in [-0.3, -0.25) is 14.6 Å². The van der Waals surface area contributed by atoms with Crippen LogP contribution in [-0.4, -0.2) is 65.9 Å². The van der Waals surface area contributed by atoms with Gasteiger partial charge in [0.15, 0.2) is 0 Å². The van der Waals surface area contributed by atoms with E-state index in [-0.39, 0.29) is 6.04 Å². The minimum atomic E-state index is 0.125. The number of hydrogen-bond acceptors (Lipinski definition) is 3. The van der Waals surface area contributed by atoms with E-state index in [2.05, 4.69) is 65.9 Å². The summed E-state index contributed by atoms with van der Waals surface area (Å²) < 4.78 is 0. The summed E-state index contributed by atoms with van der Waals surface area (Å²) in [5, 5.41) is 0. The van der Waals surface area contributed by atoms with Gasteiger partial charge in [0, 0.05) is 38.3 Å². The highest BCUT2D eigenvalue weighted by atomic mass is 16.2. The number of hydrogen-bond donors (Lipinski definition) is 0. The predicted molar refractivity (Wildman–Crippen MR) is 95.6 cm³/mol. The van der Waals surface area contributed by atoms with E-state index in [1.54, 1.807) is 0 Å². The van der Waals surface area contributed by atoms with Crippen molar-refractivity contribution in [3.8, 4) is 0 Å². The number of carbonyl (C=O) groups is 1. The molecule has 3 fully saturated rings. The Morgan fingerprint density at radius 2 is 1.83 bits per heavy atom. The fraction of sp³-hybridized carbons (Fsp3) is 0.650. The molecule has 0 unspecified atom stereocenters. The first-order valence-electron chi connectivity index (χ1n) is 9.36. The number of fused-ring (bicyclic) bond motifs is 1. The second kappa shape index (κ2) is 6.16. The fourth-order valence-electron chi connectivity index (χ4n) is 5.24. The van der Waals surface area contributed by atoms with Gasteiger partial charge in [-0.25, -0.2) is 0 Å². The van der Waals surface area contributed by atoms with Crippen molar-refractivity contribution in [3.63, 3.8) is 0 Å². The average Bonchev–Trinajstić information content (AvgIpc) is 3.19. The van der Waals surface area contributed by atoms with Gasteiger partial charge >= 0.3 is 0 Å². The zero-order valence-electron chi connectivity index (χ0n) is 15.1. The Balaban J connectivity index is 1.50. The van der Waals surface area contributed by atoms with Crippen molar-refractivity contribution in [2.45, 2.75) is 38.4 Å². The largest absolute Gasteiger partial charge is 0.339 e. The van der Waals surface area contributed by atoms with Crippen LogP contribution >= 0.6 is 0 Å². The minimum Gasteiger partial charge on any atom is -0.339 e. The smallest absolute Gasteiger partial charge is 0.240 e. The molecule has 4 heteroatoms. The third kappa shape index (κ3) is 2.56. The molecule has 3 saturated heterocycles. The van der Waals surface area contributed by atoms with Gasteiger partial charge in [0.05, 0.1) is 6.04 Å². The minimum absolute atomic E-state index is 0.125. The van der Waals surface area contributed by atoms with Crippen LogP contribution in [0, 0.1) is 11.8 Å². The lowest BCUT2D eigenvalue weighted by Crippen LogP contribution is -2.43. The third-order valence-electron chi connectivity index (χ3n) is 6.34. The Labute approximate surface area is 145 Å². The molecule has 1 amide bonds. The number of carbonyl (C=O) groups excluding carboxylic acids is 1. The van der Waals surface area contributed by atoms with Gasteiger partial charge in [0.25, 0.3) is 0 Å². The van der Waals surface area contributed by atoms with Crippen molar-refractivity contribution in [1.82, 2.24) is 14.7 Å². The van der Waals surface area contributed by atoms with E-state index in [1.807, 2.05) is 0 Å². The van der Waals surface area contributed by atoms with Crippen molar-refractivity contribution < 1.29 is 4.79 Å². The van der Waals surface area contributed by atoms with E-state index in [0.29, 0.717) is 29.8 Å². The topological polar surface area (TPSA) is 26.8 Å². The molecule has 4 rings (SSSR count). The average molecular weight is 327 g/mol. The first-order chi connectivity index (χ1) is 11.6. The highest BCUT2D eigenvalue weighted by Gasteiger charge is 2.49. The molecule has 3 aliphatic heterocycles. The van der Waals surface area contributed by atoms with Crippen molar-refractivity contribution in [3.05, 3.63) is 35.9 Å². The van der Waals surface area contributed by atoms with E-state index in [9.17, 15) is 4.79 Å². The molecule has 1 aromatic rings. The fourth-order valence-corrected chi connectivity index (χ4v) is 5.24. The van der Waals surface area contributed by atoms with Crippen LogP contribution < -0.4 is 0 Å². The second-order valence-electron chi connectivity index (χ2n) is 8.10. The summed E-state index contributed by atoms with van der Waals surface area (Å²) >= 11 is 0. The number of nitrogens with zero attached hydrogens (tertiary/aromatic N) is 3. The monoisotopic (exact) mass is 327 g/mol. The summed E-state index contributed by atoms with van der Waals surface area (Å²) in [5.74, 6) is 1.70. The summed E-state index contributed by atoms with van der Waals surface area (Å²) in [6, 6.07) is 11.8. The Morgan fingerprint density at radius 3 is 2.50 bits per heavy atom. The molecule has 4 atom stereocenters. The first kappa shape index (κ1) is 16.1. The van der Waals surface area contributed by atoms with Crippen LogP contribution in [0.4, 0.5) is 0 Å². The Hall–Kier alpha value is -1.39. The summed E-state index contributed by atoms with van der Waals surface area (Å²) in [5.41, 5.74) is 1.43. The molecular formula is C20H29N3O. The van der Waals surface area contributed by atoms with E-state index in [0.717, 1.165) is 32.6 Å². The summed E-state index contributed by atoms with van der Waals surface area (Å²) in [6.45, 7) is 8.47. The van der Waals surface area contributed by atoms with E-state index in [4.69, 9.17) is 0 Å². The normalized spacial score (nSPS) is 34.5. The molecule has 3 heterocycles. The van der Waals surface area contributed by atoms with Gasteiger partial charge < -0.3 is 4.90 Å². The summed E-state index contributed by atoms with van der Waals surface area (Å²) in [4.78, 5) is 19.8. The van der Waals surface area contributed by atoms with E-state index < -0.39 is 0 Å². The second-order valence-corrected chi connectivity index (χ2v) is 8.10. The maximum atomic E-state index is 12.7. The van der Waals surface area contributed by atoms with Gasteiger partial charge in [0.2, 0.25) is 5.91 Å². The number of benzene rings is 1. The molecular weight excluding hydrogens is 298 g/mol. The highest BCUT2D eigenvalue weighted by molar-refractivity contribution is 5.84. The molecule has 0 saturated carbocycles. The van der Waals surface area contributed by atoms with Crippen molar-refractivity contribution in [2.75, 3.05) is 33.2 Å². The van der Waals surface area contributed by atoms with Gasteiger partial charge in [-0.1, -0.05) is 30.3 Å². The Morgan fingerprint density at radius 1 is 1.08 bits per heavy atom. The van der Waals surface area contributed by atoms with Gasteiger partial charge in [-0.15, -0.1) is 0 Å². The number of rotatable bonds is 3. The summed E-state index contributed by atoms with van der Waals surface area (Å²) in [7, 11) is 2.25. The molecule has 0 spiro atoms. The van der Waals surface area contributed by atoms with E-state index >= 15 is 0 Å². The van der Waals surface area contributed by atoms with Crippen LogP contribution in [0.15, 0.2) is 30.3 Å². The predicted octanol–water partition coefficient (Wildman–Crippen LogP) is 2.23. The van der Waals surface area contributed by atoms with Crippen LogP contribution in [0.1, 0.15) is 31.9 Å². The lowest BCUT2D eigenvalue weighted by atomic mass is 9.90. The lowest BCUT2D eigenvalue weighted by Gasteiger charge is -2.29. The zero-order chi connectivity index (χ0) is 16.8. The summed E-state index contributed by atoms with van der Waals surface area (Å²) in [6.07, 6.45) is 1.00. The molecule has 4 nitrogen and oxygen atoms in total. The van der Waals surface area contributed by atoms with Crippen LogP contribution in [0.25, 0.3) is 0 Å². The standard InChI is InChI=1S/C20H29N3O/c1-14(2)23-10-9-18(20(23)24)22-12-16-11-21(3)19(17(16)13-22)15-7-5-4-6-8-15/h4-8,14,16-19H,9-13H2,1-3H3/t16-,17+,18-,19-/m0/s1. The van der Waals surface area contributed by atoms with Gasteiger partial charge in [-0.2, -0.15) is 0 Å². The lowest BCUT2D eigenvalue weighted by molar-refractivity contribution is -0.133. The molecule has 24 heavy (non-hydrogen) atoms. The molecule has 3 aliphatic rings. The molecule has 0 bridgehead atoms. The maximum Gasteiger partial charge on any atom is 0.240 e. The van der Waals surface area contributed by atoms with Crippen molar-refractivity contribution in [2.24, 2.45) is 11.8 Å². The third-order valence-corrected chi connectivity index (χ3v) is 6.34. The quantitative estimate of drug-likeness (QED) is 0.852. The maximum absolute atomic E-state index is 12.7. The first-order valence-corrected chi connectivity index (χ1v) is 9.36. The molecule has 0 N–H and O–H groups in total. The zero-order valence-corrected chi connectivity index (χ0v) is 15.1. The number of likely N-dealkylation sites (tertiary alicyclic amines) is 3. The molecule has 1 aromatic carbocycles. The molecule has 0 aliphatic carbocycles. The highest BCUT2D eigenvalue weighted by Crippen LogP contribution is 2.45. The van der Waals surface area contributed by atoms with Gasteiger partial charge in [-0.05, 0) is 44.7 Å². The molecule has 0 radical (unpaired) electrons. The van der Waals surface area contributed by atoms with Crippen LogP contribution in [-0.2, 0) is 4.79 Å². The van der Waals surface area contributed by atoms with Crippen LogP contribution in [0.5, 0.6) is 0 Å². The number of amides is 1. The van der Waals surface area contributed by atoms with Crippen LogP contribution in [0.3, 0.4) is 0 Å². The van der Waals surface area contributed by atoms with Crippen molar-refractivity contribution >= 4 is 5.91 Å². The van der Waals surface area contributed by atoms with Crippen molar-refractivity contribution in [1.29, 1.82) is 0 Å². The molecule has 130 valence electrons. The Kier molecular flexibility index (Phi) is 4.13. The molecule has 0 aromatic heterocycles. The van der Waals surface area contributed by atoms with E-state index in [1.165, 1.54) is 5.56 Å². The van der Waals surface area contributed by atoms with Gasteiger partial charge in [0.1, 0.15) is 0 Å². The SMILES string of the molecule is CC(C)N1CC[C@H](N2C[C@@H]3CN(C)[C@@H](c4ccccc4)[C@@H]3C2)C1=O. The van der Waals surface area contributed by atoms with Crippen LogP contribution in [0.2, 0.25) is 0 Å². The Bertz CT molecular complexity index is 602.